The van der Waals surface area contributed by atoms with Gasteiger partial charge in [0.05, 0.1) is 0 Å². The molecule has 9 heteroatoms. The Labute approximate surface area is 172 Å². The van der Waals surface area contributed by atoms with Crippen LogP contribution in [0.3, 0.4) is 0 Å². The van der Waals surface area contributed by atoms with Gasteiger partial charge in [-0.1, -0.05) is 13.8 Å². The minimum atomic E-state index is -0.749. The van der Waals surface area contributed by atoms with Crippen LogP contribution in [0.2, 0.25) is 0 Å². The second-order valence-corrected chi connectivity index (χ2v) is 9.67. The zero-order valence-electron chi connectivity index (χ0n) is 18.0. The number of nitrogens with two attached hydrogens (primary N) is 1. The highest BCUT2D eigenvalue weighted by molar-refractivity contribution is 5.85. The van der Waals surface area contributed by atoms with Gasteiger partial charge in [0.1, 0.15) is 11.6 Å². The Balaban J connectivity index is 0.000000208. The number of rotatable bonds is 5. The zero-order valence-corrected chi connectivity index (χ0v) is 18.0. The number of amides is 4. The van der Waals surface area contributed by atoms with Gasteiger partial charge in [0.25, 0.3) is 0 Å². The van der Waals surface area contributed by atoms with Gasteiger partial charge in [0.2, 0.25) is 18.2 Å². The van der Waals surface area contributed by atoms with Gasteiger partial charge in [-0.2, -0.15) is 0 Å². The Bertz CT molecular complexity index is 644. The maximum atomic E-state index is 11.7. The van der Waals surface area contributed by atoms with E-state index in [0.717, 1.165) is 13.1 Å². The first kappa shape index (κ1) is 23.0. The molecule has 1 unspecified atom stereocenters. The van der Waals surface area contributed by atoms with Crippen molar-refractivity contribution in [3.05, 3.63) is 0 Å². The molecule has 0 aromatic heterocycles. The Hall–Kier alpha value is -2.32. The summed E-state index contributed by atoms with van der Waals surface area (Å²) in [5.74, 6) is 0.482. The predicted octanol–water partition coefficient (Wildman–Crippen LogP) is 0.622. The van der Waals surface area contributed by atoms with Crippen LogP contribution in [0.15, 0.2) is 0 Å². The fourth-order valence-corrected chi connectivity index (χ4v) is 4.11. The molecule has 4 amide bonds. The molecule has 4 atom stereocenters. The van der Waals surface area contributed by atoms with Crippen LogP contribution >= 0.6 is 0 Å². The molecule has 1 saturated carbocycles. The fraction of sp³-hybridized carbons (Fsp3) is 0.800. The maximum Gasteiger partial charge on any atom is 0.410 e. The summed E-state index contributed by atoms with van der Waals surface area (Å²) in [6.45, 7) is 12.7. The van der Waals surface area contributed by atoms with Crippen LogP contribution in [0.5, 0.6) is 0 Å². The van der Waals surface area contributed by atoms with E-state index >= 15 is 0 Å². The molecule has 0 bridgehead atoms. The molecule has 0 spiro atoms. The average molecular weight is 411 g/mol. The largest absolute Gasteiger partial charge is 0.444 e. The first-order valence-corrected chi connectivity index (χ1v) is 10.1. The lowest BCUT2D eigenvalue weighted by molar-refractivity contribution is -0.125. The van der Waals surface area contributed by atoms with E-state index < -0.39 is 11.9 Å². The van der Waals surface area contributed by atoms with E-state index in [9.17, 15) is 19.2 Å². The summed E-state index contributed by atoms with van der Waals surface area (Å²) < 4.78 is 5.35. The summed E-state index contributed by atoms with van der Waals surface area (Å²) in [7, 11) is 0. The molecule has 0 radical (unpaired) electrons. The van der Waals surface area contributed by atoms with E-state index in [2.05, 4.69) is 24.5 Å². The number of piperidine rings is 1. The minimum Gasteiger partial charge on any atom is -0.444 e. The van der Waals surface area contributed by atoms with Crippen molar-refractivity contribution in [2.24, 2.45) is 28.9 Å². The zero-order chi connectivity index (χ0) is 22.0. The van der Waals surface area contributed by atoms with Gasteiger partial charge in [0, 0.05) is 25.6 Å². The molecule has 2 saturated heterocycles. The first-order valence-electron chi connectivity index (χ1n) is 10.1. The number of hydrogen-bond acceptors (Lipinski definition) is 5. The Kier molecular flexibility index (Phi) is 6.80. The predicted molar refractivity (Wildman–Crippen MR) is 106 cm³/mol. The number of primary amides is 1. The third kappa shape index (κ3) is 5.83. The van der Waals surface area contributed by atoms with Crippen molar-refractivity contribution >= 4 is 24.3 Å². The van der Waals surface area contributed by atoms with Gasteiger partial charge in [-0.25, -0.2) is 4.79 Å². The molecule has 3 aliphatic rings. The lowest BCUT2D eigenvalue weighted by atomic mass is 9.98. The highest BCUT2D eigenvalue weighted by Crippen LogP contribution is 2.62. The second kappa shape index (κ2) is 8.59. The monoisotopic (exact) mass is 410 g/mol. The quantitative estimate of drug-likeness (QED) is 0.572. The van der Waals surface area contributed by atoms with E-state index in [-0.39, 0.29) is 29.9 Å². The molecule has 3 rings (SSSR count). The third-order valence-corrected chi connectivity index (χ3v) is 6.07. The van der Waals surface area contributed by atoms with Crippen LogP contribution in [0, 0.1) is 23.2 Å². The van der Waals surface area contributed by atoms with Crippen LogP contribution in [0.25, 0.3) is 0 Å². The van der Waals surface area contributed by atoms with Crippen LogP contribution in [0.1, 0.15) is 47.5 Å². The molecule has 9 nitrogen and oxygen atoms in total. The SMILES string of the molecule is CC(C)(C)OC(=O)N1CC2[C@@H](C1)C2(C)C.NC(=O)[C@H](C[C@@H]1CCNC1=O)NC=O. The Morgan fingerprint density at radius 3 is 2.34 bits per heavy atom. The highest BCUT2D eigenvalue weighted by atomic mass is 16.6. The van der Waals surface area contributed by atoms with Crippen LogP contribution in [-0.4, -0.2) is 60.5 Å². The summed E-state index contributed by atoms with van der Waals surface area (Å²) >= 11 is 0. The fourth-order valence-electron chi connectivity index (χ4n) is 4.11. The highest BCUT2D eigenvalue weighted by Gasteiger charge is 2.63. The van der Waals surface area contributed by atoms with Crippen molar-refractivity contribution < 1.29 is 23.9 Å². The molecule has 2 aliphatic heterocycles. The number of likely N-dealkylation sites (tertiary alicyclic amines) is 1. The van der Waals surface area contributed by atoms with Gasteiger partial charge in [-0.15, -0.1) is 0 Å². The van der Waals surface area contributed by atoms with Crippen LogP contribution in [-0.2, 0) is 19.1 Å². The first-order chi connectivity index (χ1) is 13.4. The summed E-state index contributed by atoms with van der Waals surface area (Å²) in [5, 5.41) is 4.94. The van der Waals surface area contributed by atoms with E-state index in [1.165, 1.54) is 0 Å². The van der Waals surface area contributed by atoms with Crippen molar-refractivity contribution in [3.8, 4) is 0 Å². The summed E-state index contributed by atoms with van der Waals surface area (Å²) in [5.41, 5.74) is 5.14. The van der Waals surface area contributed by atoms with Gasteiger partial charge in [0.15, 0.2) is 0 Å². The Morgan fingerprint density at radius 2 is 1.93 bits per heavy atom. The van der Waals surface area contributed by atoms with Crippen molar-refractivity contribution in [1.82, 2.24) is 15.5 Å². The van der Waals surface area contributed by atoms with Crippen molar-refractivity contribution in [2.45, 2.75) is 59.1 Å². The normalized spacial score (nSPS) is 27.7. The number of carbonyl (C=O) groups excluding carboxylic acids is 4. The van der Waals surface area contributed by atoms with Crippen LogP contribution < -0.4 is 16.4 Å². The molecule has 29 heavy (non-hydrogen) atoms. The summed E-state index contributed by atoms with van der Waals surface area (Å²) in [6.07, 6.45) is 1.23. The number of nitrogens with zero attached hydrogens (tertiary/aromatic N) is 1. The molecule has 0 aromatic carbocycles. The van der Waals surface area contributed by atoms with Crippen molar-refractivity contribution in [2.75, 3.05) is 19.6 Å². The lowest BCUT2D eigenvalue weighted by Crippen LogP contribution is -2.42. The van der Waals surface area contributed by atoms with E-state index in [4.69, 9.17) is 10.5 Å². The Morgan fingerprint density at radius 1 is 1.34 bits per heavy atom. The van der Waals surface area contributed by atoms with E-state index in [1.807, 2.05) is 25.7 Å². The molecule has 2 heterocycles. The molecule has 4 N–H and O–H groups in total. The molecular formula is C20H34N4O5. The van der Waals surface area contributed by atoms with E-state index in [0.29, 0.717) is 36.6 Å². The number of carbonyl (C=O) groups is 4. The maximum absolute atomic E-state index is 11.7. The minimum absolute atomic E-state index is 0.0797. The number of ether oxygens (including phenoxy) is 1. The van der Waals surface area contributed by atoms with Gasteiger partial charge >= 0.3 is 6.09 Å². The summed E-state index contributed by atoms with van der Waals surface area (Å²) in [6, 6.07) is -0.749. The number of nitrogens with one attached hydrogen (secondary N) is 2. The number of hydrogen-bond donors (Lipinski definition) is 3. The molecule has 1 aliphatic carbocycles. The average Bonchev–Trinajstić information content (AvgIpc) is 3.01. The van der Waals surface area contributed by atoms with Gasteiger partial charge in [-0.05, 0) is 50.9 Å². The third-order valence-electron chi connectivity index (χ3n) is 6.07. The molecule has 3 fully saturated rings. The smallest absolute Gasteiger partial charge is 0.410 e. The lowest BCUT2D eigenvalue weighted by Gasteiger charge is -2.26. The second-order valence-electron chi connectivity index (χ2n) is 9.67. The van der Waals surface area contributed by atoms with E-state index in [1.54, 1.807) is 0 Å². The molecule has 164 valence electrons. The molecular weight excluding hydrogens is 376 g/mol. The van der Waals surface area contributed by atoms with Crippen molar-refractivity contribution in [1.29, 1.82) is 0 Å². The standard InChI is InChI=1S/C12H21NO2.C8H13N3O3/c1-11(2,3)15-10(14)13-6-8-9(7-13)12(8,4)5;9-7(13)6(11-4-12)3-5-1-2-10-8(5)14/h8-9H,6-7H2,1-5H3;4-6H,1-3H2,(H2,9,13)(H,10,14)(H,11,12)/t8-,9?;5-,6-/m10/s1. The van der Waals surface area contributed by atoms with Crippen LogP contribution in [0.4, 0.5) is 4.79 Å². The number of fused-ring (bicyclic) bond motifs is 1. The summed E-state index contributed by atoms with van der Waals surface area (Å²) in [4.78, 5) is 45.8. The van der Waals surface area contributed by atoms with Gasteiger partial charge in [-0.3, -0.25) is 14.4 Å². The molecule has 0 aromatic rings. The van der Waals surface area contributed by atoms with Gasteiger partial charge < -0.3 is 26.0 Å². The topological polar surface area (TPSA) is 131 Å². The van der Waals surface area contributed by atoms with Crippen molar-refractivity contribution in [3.63, 3.8) is 0 Å².